The quantitative estimate of drug-likeness (QED) is 0.822. The van der Waals surface area contributed by atoms with Gasteiger partial charge < -0.3 is 5.32 Å². The Morgan fingerprint density at radius 3 is 2.90 bits per heavy atom. The van der Waals surface area contributed by atoms with Crippen molar-refractivity contribution in [2.24, 2.45) is 0 Å². The second kappa shape index (κ2) is 6.80. The standard InChI is InChI=1S/C14H15N3O2S2/c1-11-10-20-14(17-11)9-16-5-6-21(18,19)13-4-2-3-12(7-13)8-15/h2-4,7,10,16H,5-6,9H2,1H3. The molecule has 21 heavy (non-hydrogen) atoms. The van der Waals surface area contributed by atoms with Crippen LogP contribution in [0.2, 0.25) is 0 Å². The highest BCUT2D eigenvalue weighted by Gasteiger charge is 2.14. The number of aromatic nitrogens is 1. The summed E-state index contributed by atoms with van der Waals surface area (Å²) in [6.45, 7) is 2.83. The largest absolute Gasteiger partial charge is 0.309 e. The Balaban J connectivity index is 1.90. The summed E-state index contributed by atoms with van der Waals surface area (Å²) in [5.74, 6) is -0.00770. The summed E-state index contributed by atoms with van der Waals surface area (Å²) in [6, 6.07) is 8.03. The second-order valence-corrected chi connectivity index (χ2v) is 7.57. The molecule has 2 rings (SSSR count). The molecule has 0 atom stereocenters. The lowest BCUT2D eigenvalue weighted by Gasteiger charge is -2.05. The van der Waals surface area contributed by atoms with Gasteiger partial charge in [-0.2, -0.15) is 5.26 Å². The number of thiazole rings is 1. The maximum absolute atomic E-state index is 12.2. The lowest BCUT2D eigenvalue weighted by Crippen LogP contribution is -2.22. The van der Waals surface area contributed by atoms with Crippen LogP contribution in [0, 0.1) is 18.3 Å². The van der Waals surface area contributed by atoms with Gasteiger partial charge in [-0.05, 0) is 25.1 Å². The van der Waals surface area contributed by atoms with Crippen LogP contribution in [0.15, 0.2) is 34.5 Å². The van der Waals surface area contributed by atoms with E-state index >= 15 is 0 Å². The molecule has 7 heteroatoms. The molecular weight excluding hydrogens is 306 g/mol. The lowest BCUT2D eigenvalue weighted by molar-refractivity contribution is 0.590. The molecule has 1 N–H and O–H groups in total. The molecule has 2 aromatic rings. The third-order valence-corrected chi connectivity index (χ3v) is 5.49. The number of nitrogens with one attached hydrogen (secondary N) is 1. The van der Waals surface area contributed by atoms with E-state index in [0.29, 0.717) is 18.7 Å². The van der Waals surface area contributed by atoms with Crippen LogP contribution in [0.25, 0.3) is 0 Å². The van der Waals surface area contributed by atoms with Gasteiger partial charge in [-0.25, -0.2) is 13.4 Å². The van der Waals surface area contributed by atoms with Crippen molar-refractivity contribution in [3.05, 3.63) is 45.9 Å². The molecule has 0 aliphatic heterocycles. The molecule has 0 amide bonds. The molecular formula is C14H15N3O2S2. The van der Waals surface area contributed by atoms with Crippen LogP contribution in [0.1, 0.15) is 16.3 Å². The zero-order valence-corrected chi connectivity index (χ0v) is 13.2. The van der Waals surface area contributed by atoms with Crippen LogP contribution in [-0.2, 0) is 16.4 Å². The van der Waals surface area contributed by atoms with Crippen LogP contribution in [-0.4, -0.2) is 25.7 Å². The second-order valence-electron chi connectivity index (χ2n) is 4.52. The molecule has 0 bridgehead atoms. The van der Waals surface area contributed by atoms with E-state index < -0.39 is 9.84 Å². The van der Waals surface area contributed by atoms with Gasteiger partial charge in [0.05, 0.1) is 22.3 Å². The normalized spacial score (nSPS) is 11.2. The first kappa shape index (κ1) is 15.6. The van der Waals surface area contributed by atoms with Gasteiger partial charge >= 0.3 is 0 Å². The smallest absolute Gasteiger partial charge is 0.179 e. The molecule has 0 saturated heterocycles. The maximum Gasteiger partial charge on any atom is 0.179 e. The first-order valence-corrected chi connectivity index (χ1v) is 8.89. The van der Waals surface area contributed by atoms with E-state index in [1.807, 2.05) is 18.4 Å². The summed E-state index contributed by atoms with van der Waals surface area (Å²) in [4.78, 5) is 4.48. The minimum atomic E-state index is -3.37. The average Bonchev–Trinajstić information content (AvgIpc) is 2.89. The van der Waals surface area contributed by atoms with Crippen molar-refractivity contribution in [3.8, 4) is 6.07 Å². The number of nitriles is 1. The van der Waals surface area contributed by atoms with E-state index in [4.69, 9.17) is 5.26 Å². The molecule has 1 aromatic carbocycles. The zero-order valence-electron chi connectivity index (χ0n) is 11.5. The Kier molecular flexibility index (Phi) is 5.07. The molecule has 0 unspecified atom stereocenters. The van der Waals surface area contributed by atoms with E-state index in [9.17, 15) is 8.42 Å². The van der Waals surface area contributed by atoms with E-state index in [-0.39, 0.29) is 10.6 Å². The Bertz CT molecular complexity index is 761. The van der Waals surface area contributed by atoms with E-state index in [0.717, 1.165) is 10.7 Å². The summed E-state index contributed by atoms with van der Waals surface area (Å²) in [6.07, 6.45) is 0. The van der Waals surface area contributed by atoms with E-state index in [2.05, 4.69) is 10.3 Å². The van der Waals surface area contributed by atoms with Crippen molar-refractivity contribution in [2.45, 2.75) is 18.4 Å². The molecule has 0 aliphatic rings. The highest BCUT2D eigenvalue weighted by molar-refractivity contribution is 7.91. The summed E-state index contributed by atoms with van der Waals surface area (Å²) in [7, 11) is -3.37. The van der Waals surface area contributed by atoms with Crippen molar-refractivity contribution in [3.63, 3.8) is 0 Å². The SMILES string of the molecule is Cc1csc(CNCCS(=O)(=O)c2cccc(C#N)c2)n1. The summed E-state index contributed by atoms with van der Waals surface area (Å²) in [5, 5.41) is 14.8. The Morgan fingerprint density at radius 2 is 2.24 bits per heavy atom. The molecule has 0 spiro atoms. The third-order valence-electron chi connectivity index (χ3n) is 2.81. The van der Waals surface area contributed by atoms with Crippen molar-refractivity contribution in [1.82, 2.24) is 10.3 Å². The van der Waals surface area contributed by atoms with E-state index in [1.54, 1.807) is 23.5 Å². The van der Waals surface area contributed by atoms with Gasteiger partial charge in [-0.15, -0.1) is 11.3 Å². The van der Waals surface area contributed by atoms with Crippen molar-refractivity contribution in [2.75, 3.05) is 12.3 Å². The fourth-order valence-corrected chi connectivity index (χ4v) is 3.75. The monoisotopic (exact) mass is 321 g/mol. The maximum atomic E-state index is 12.2. The third kappa shape index (κ3) is 4.36. The number of sulfone groups is 1. The molecule has 0 aliphatic carbocycles. The Hall–Kier alpha value is -1.75. The Morgan fingerprint density at radius 1 is 1.43 bits per heavy atom. The molecule has 110 valence electrons. The first-order valence-electron chi connectivity index (χ1n) is 6.36. The number of aryl methyl sites for hydroxylation is 1. The van der Waals surface area contributed by atoms with Gasteiger partial charge in [0.1, 0.15) is 5.01 Å². The van der Waals surface area contributed by atoms with Crippen LogP contribution in [0.4, 0.5) is 0 Å². The molecule has 0 fully saturated rings. The molecule has 1 aromatic heterocycles. The van der Waals surface area contributed by atoms with Crippen LogP contribution >= 0.6 is 11.3 Å². The van der Waals surface area contributed by atoms with Gasteiger partial charge in [0.15, 0.2) is 9.84 Å². The van der Waals surface area contributed by atoms with Gasteiger partial charge in [-0.3, -0.25) is 0 Å². The summed E-state index contributed by atoms with van der Waals surface area (Å²) < 4.78 is 24.3. The number of nitrogens with zero attached hydrogens (tertiary/aromatic N) is 2. The molecule has 5 nitrogen and oxygen atoms in total. The number of hydrogen-bond acceptors (Lipinski definition) is 6. The molecule has 0 saturated carbocycles. The predicted octanol–water partition coefficient (Wildman–Crippen LogP) is 1.89. The number of hydrogen-bond donors (Lipinski definition) is 1. The molecule has 1 heterocycles. The van der Waals surface area contributed by atoms with Gasteiger partial charge in [0, 0.05) is 24.2 Å². The van der Waals surface area contributed by atoms with Crippen LogP contribution in [0.3, 0.4) is 0 Å². The number of benzene rings is 1. The molecule has 0 radical (unpaired) electrons. The van der Waals surface area contributed by atoms with Crippen molar-refractivity contribution < 1.29 is 8.42 Å². The highest BCUT2D eigenvalue weighted by atomic mass is 32.2. The first-order chi connectivity index (χ1) is 10.0. The lowest BCUT2D eigenvalue weighted by atomic mass is 10.2. The Labute approximate surface area is 128 Å². The van der Waals surface area contributed by atoms with Crippen LogP contribution in [0.5, 0.6) is 0 Å². The average molecular weight is 321 g/mol. The minimum absolute atomic E-state index is 0.00770. The topological polar surface area (TPSA) is 82.9 Å². The minimum Gasteiger partial charge on any atom is -0.309 e. The number of rotatable bonds is 6. The predicted molar refractivity (Wildman–Crippen MR) is 81.8 cm³/mol. The van der Waals surface area contributed by atoms with Crippen LogP contribution < -0.4 is 5.32 Å². The van der Waals surface area contributed by atoms with Gasteiger partial charge in [-0.1, -0.05) is 6.07 Å². The summed E-state index contributed by atoms with van der Waals surface area (Å²) >= 11 is 1.55. The van der Waals surface area contributed by atoms with Crippen molar-refractivity contribution >= 4 is 21.2 Å². The van der Waals surface area contributed by atoms with Gasteiger partial charge in [0.2, 0.25) is 0 Å². The van der Waals surface area contributed by atoms with E-state index in [1.165, 1.54) is 12.1 Å². The summed E-state index contributed by atoms with van der Waals surface area (Å²) in [5.41, 5.74) is 1.32. The highest BCUT2D eigenvalue weighted by Crippen LogP contribution is 2.13. The van der Waals surface area contributed by atoms with Crippen molar-refractivity contribution in [1.29, 1.82) is 5.26 Å². The van der Waals surface area contributed by atoms with Gasteiger partial charge in [0.25, 0.3) is 0 Å². The fraction of sp³-hybridized carbons (Fsp3) is 0.286. The fourth-order valence-electron chi connectivity index (χ4n) is 1.76. The zero-order chi connectivity index (χ0) is 15.3.